The Morgan fingerprint density at radius 3 is 3.05 bits per heavy atom. The van der Waals surface area contributed by atoms with E-state index in [0.717, 1.165) is 18.0 Å². The molecule has 1 aliphatic carbocycles. The quantitative estimate of drug-likeness (QED) is 0.418. The monoisotopic (exact) mass is 312 g/mol. The lowest BCUT2D eigenvalue weighted by Crippen LogP contribution is -2.26. The third-order valence-corrected chi connectivity index (χ3v) is 3.96. The number of nitrogens with zero attached hydrogens (tertiary/aromatic N) is 3. The first-order valence-electron chi connectivity index (χ1n) is 7.15. The highest BCUT2D eigenvalue weighted by Crippen LogP contribution is 2.37. The van der Waals surface area contributed by atoms with Gasteiger partial charge in [-0.3, -0.25) is 9.59 Å². The van der Waals surface area contributed by atoms with Crippen LogP contribution >= 0.6 is 11.8 Å². The summed E-state index contributed by atoms with van der Waals surface area (Å²) in [4.78, 5) is 22.8. The Morgan fingerprint density at radius 2 is 2.33 bits per heavy atom. The Labute approximate surface area is 127 Å². The first-order valence-corrected chi connectivity index (χ1v) is 8.14. The SMILES string of the molecule is CCOC(=O)CCCNC(=O)CSc1nncn1C1CC1. The molecule has 0 unspecified atom stereocenters. The van der Waals surface area contributed by atoms with Crippen LogP contribution in [0.5, 0.6) is 0 Å². The number of hydrogen-bond acceptors (Lipinski definition) is 6. The summed E-state index contributed by atoms with van der Waals surface area (Å²) in [6, 6.07) is 0.509. The second-order valence-electron chi connectivity index (χ2n) is 4.80. The third kappa shape index (κ3) is 5.37. The molecule has 1 N–H and O–H groups in total. The fraction of sp³-hybridized carbons (Fsp3) is 0.692. The fourth-order valence-corrected chi connectivity index (χ4v) is 2.63. The highest BCUT2D eigenvalue weighted by molar-refractivity contribution is 7.99. The van der Waals surface area contributed by atoms with Gasteiger partial charge in [-0.05, 0) is 26.2 Å². The van der Waals surface area contributed by atoms with E-state index >= 15 is 0 Å². The molecule has 2 rings (SSSR count). The summed E-state index contributed by atoms with van der Waals surface area (Å²) >= 11 is 1.39. The van der Waals surface area contributed by atoms with Crippen LogP contribution in [0.4, 0.5) is 0 Å². The Morgan fingerprint density at radius 1 is 1.52 bits per heavy atom. The van der Waals surface area contributed by atoms with E-state index in [1.165, 1.54) is 11.8 Å². The predicted molar refractivity (Wildman–Crippen MR) is 77.9 cm³/mol. The molecule has 1 saturated carbocycles. The Balaban J connectivity index is 1.59. The van der Waals surface area contributed by atoms with Gasteiger partial charge >= 0.3 is 5.97 Å². The van der Waals surface area contributed by atoms with Crippen LogP contribution in [0.25, 0.3) is 0 Å². The molecule has 0 aromatic carbocycles. The van der Waals surface area contributed by atoms with Crippen molar-refractivity contribution in [3.8, 4) is 0 Å². The maximum absolute atomic E-state index is 11.7. The van der Waals surface area contributed by atoms with Gasteiger partial charge in [0, 0.05) is 19.0 Å². The average molecular weight is 312 g/mol. The van der Waals surface area contributed by atoms with Gasteiger partial charge in [-0.1, -0.05) is 11.8 Å². The molecular formula is C13H20N4O3S. The maximum Gasteiger partial charge on any atom is 0.305 e. The van der Waals surface area contributed by atoms with Crippen molar-refractivity contribution in [2.45, 2.75) is 43.8 Å². The summed E-state index contributed by atoms with van der Waals surface area (Å²) in [6.07, 6.45) is 4.96. The molecule has 0 aliphatic heterocycles. The van der Waals surface area contributed by atoms with Gasteiger partial charge in [0.05, 0.1) is 12.4 Å². The van der Waals surface area contributed by atoms with Crippen molar-refractivity contribution in [1.82, 2.24) is 20.1 Å². The lowest BCUT2D eigenvalue weighted by atomic mass is 10.3. The van der Waals surface area contributed by atoms with E-state index in [1.54, 1.807) is 13.3 Å². The molecule has 116 valence electrons. The van der Waals surface area contributed by atoms with E-state index in [4.69, 9.17) is 4.74 Å². The molecule has 1 aromatic rings. The first kappa shape index (κ1) is 15.8. The molecule has 1 amide bonds. The molecule has 0 atom stereocenters. The van der Waals surface area contributed by atoms with Crippen LogP contribution in [-0.2, 0) is 14.3 Å². The van der Waals surface area contributed by atoms with Crippen molar-refractivity contribution in [3.63, 3.8) is 0 Å². The minimum Gasteiger partial charge on any atom is -0.466 e. The second kappa shape index (κ2) is 8.02. The van der Waals surface area contributed by atoms with Gasteiger partial charge in [-0.25, -0.2) is 0 Å². The molecule has 0 radical (unpaired) electrons. The summed E-state index contributed by atoms with van der Waals surface area (Å²) in [7, 11) is 0. The predicted octanol–water partition coefficient (Wildman–Crippen LogP) is 1.16. The molecule has 0 spiro atoms. The largest absolute Gasteiger partial charge is 0.466 e. The standard InChI is InChI=1S/C13H20N4O3S/c1-2-20-12(19)4-3-7-14-11(18)8-21-13-16-15-9-17(13)10-5-6-10/h9-10H,2-8H2,1H3,(H,14,18). The zero-order valence-corrected chi connectivity index (χ0v) is 12.9. The van der Waals surface area contributed by atoms with Crippen molar-refractivity contribution in [3.05, 3.63) is 6.33 Å². The number of hydrogen-bond donors (Lipinski definition) is 1. The molecule has 1 aliphatic rings. The number of amides is 1. The van der Waals surface area contributed by atoms with Crippen LogP contribution < -0.4 is 5.32 Å². The zero-order valence-electron chi connectivity index (χ0n) is 12.1. The van der Waals surface area contributed by atoms with Crippen LogP contribution in [0.3, 0.4) is 0 Å². The Hall–Kier alpha value is -1.57. The van der Waals surface area contributed by atoms with Crippen LogP contribution in [0.2, 0.25) is 0 Å². The molecule has 1 fully saturated rings. The molecular weight excluding hydrogens is 292 g/mol. The van der Waals surface area contributed by atoms with Crippen molar-refractivity contribution < 1.29 is 14.3 Å². The van der Waals surface area contributed by atoms with E-state index in [1.807, 2.05) is 4.57 Å². The fourth-order valence-electron chi connectivity index (χ4n) is 1.81. The van der Waals surface area contributed by atoms with E-state index in [-0.39, 0.29) is 11.9 Å². The molecule has 21 heavy (non-hydrogen) atoms. The summed E-state index contributed by atoms with van der Waals surface area (Å²) in [5.74, 6) is 0.0260. The smallest absolute Gasteiger partial charge is 0.305 e. The molecule has 0 saturated heterocycles. The molecule has 8 heteroatoms. The Bertz CT molecular complexity index is 488. The summed E-state index contributed by atoms with van der Waals surface area (Å²) in [5.41, 5.74) is 0. The molecule has 1 heterocycles. The number of nitrogens with one attached hydrogen (secondary N) is 1. The highest BCUT2D eigenvalue weighted by Gasteiger charge is 2.26. The number of carbonyl (C=O) groups excluding carboxylic acids is 2. The maximum atomic E-state index is 11.7. The zero-order chi connectivity index (χ0) is 15.1. The summed E-state index contributed by atoms with van der Waals surface area (Å²) < 4.78 is 6.84. The van der Waals surface area contributed by atoms with Crippen molar-refractivity contribution in [1.29, 1.82) is 0 Å². The van der Waals surface area contributed by atoms with Crippen LogP contribution in [0.1, 0.15) is 38.6 Å². The third-order valence-electron chi connectivity index (χ3n) is 3.00. The van der Waals surface area contributed by atoms with Crippen LogP contribution in [0.15, 0.2) is 11.5 Å². The van der Waals surface area contributed by atoms with Crippen molar-refractivity contribution in [2.24, 2.45) is 0 Å². The van der Waals surface area contributed by atoms with Gasteiger partial charge in [0.25, 0.3) is 0 Å². The number of carbonyl (C=O) groups is 2. The molecule has 7 nitrogen and oxygen atoms in total. The number of aromatic nitrogens is 3. The lowest BCUT2D eigenvalue weighted by Gasteiger charge is -2.06. The van der Waals surface area contributed by atoms with Gasteiger partial charge in [0.15, 0.2) is 5.16 Å². The van der Waals surface area contributed by atoms with Gasteiger partial charge in [0.2, 0.25) is 5.91 Å². The van der Waals surface area contributed by atoms with E-state index in [9.17, 15) is 9.59 Å². The van der Waals surface area contributed by atoms with Crippen LogP contribution in [-0.4, -0.2) is 45.5 Å². The lowest BCUT2D eigenvalue weighted by molar-refractivity contribution is -0.143. The highest BCUT2D eigenvalue weighted by atomic mass is 32.2. The molecule has 1 aromatic heterocycles. The summed E-state index contributed by atoms with van der Waals surface area (Å²) in [6.45, 7) is 2.65. The van der Waals surface area contributed by atoms with E-state index in [2.05, 4.69) is 15.5 Å². The minimum absolute atomic E-state index is 0.0609. The number of thioether (sulfide) groups is 1. The van der Waals surface area contributed by atoms with Crippen molar-refractivity contribution >= 4 is 23.6 Å². The van der Waals surface area contributed by atoms with E-state index < -0.39 is 0 Å². The topological polar surface area (TPSA) is 86.1 Å². The molecule has 0 bridgehead atoms. The number of rotatable bonds is 9. The van der Waals surface area contributed by atoms with Crippen molar-refractivity contribution in [2.75, 3.05) is 18.9 Å². The van der Waals surface area contributed by atoms with Gasteiger partial charge in [-0.15, -0.1) is 10.2 Å². The van der Waals surface area contributed by atoms with E-state index in [0.29, 0.717) is 37.8 Å². The van der Waals surface area contributed by atoms with Gasteiger partial charge in [0.1, 0.15) is 6.33 Å². The van der Waals surface area contributed by atoms with Gasteiger partial charge in [-0.2, -0.15) is 0 Å². The van der Waals surface area contributed by atoms with Gasteiger partial charge < -0.3 is 14.6 Å². The average Bonchev–Trinajstić information content (AvgIpc) is 3.20. The Kier molecular flexibility index (Phi) is 6.04. The first-order chi connectivity index (χ1) is 10.2. The minimum atomic E-state index is -0.223. The normalized spacial score (nSPS) is 14.0. The number of ether oxygens (including phenoxy) is 1. The number of esters is 1. The van der Waals surface area contributed by atoms with Crippen LogP contribution in [0, 0.1) is 0 Å². The summed E-state index contributed by atoms with van der Waals surface area (Å²) in [5, 5.41) is 11.5. The second-order valence-corrected chi connectivity index (χ2v) is 5.74.